The van der Waals surface area contributed by atoms with Crippen LogP contribution in [-0.2, 0) is 16.0 Å². The van der Waals surface area contributed by atoms with Gasteiger partial charge in [-0.25, -0.2) is 9.37 Å². The monoisotopic (exact) mass is 475 g/mol. The van der Waals surface area contributed by atoms with Gasteiger partial charge in [0.2, 0.25) is 5.91 Å². The average molecular weight is 476 g/mol. The van der Waals surface area contributed by atoms with Gasteiger partial charge in [-0.3, -0.25) is 4.79 Å². The van der Waals surface area contributed by atoms with Crippen LogP contribution in [0, 0.1) is 5.82 Å². The van der Waals surface area contributed by atoms with Crippen molar-refractivity contribution in [2.45, 2.75) is 6.42 Å². The number of rotatable bonds is 5. The van der Waals surface area contributed by atoms with Crippen LogP contribution >= 0.6 is 27.3 Å². The van der Waals surface area contributed by atoms with E-state index in [0.29, 0.717) is 43.4 Å². The van der Waals surface area contributed by atoms with Crippen molar-refractivity contribution >= 4 is 44.5 Å². The molecule has 29 heavy (non-hydrogen) atoms. The lowest BCUT2D eigenvalue weighted by Crippen LogP contribution is -2.36. The number of ether oxygens (including phenoxy) is 1. The van der Waals surface area contributed by atoms with Crippen LogP contribution in [0.15, 0.2) is 52.3 Å². The van der Waals surface area contributed by atoms with Gasteiger partial charge >= 0.3 is 0 Å². The molecular weight excluding hydrogens is 457 g/mol. The fourth-order valence-electron chi connectivity index (χ4n) is 3.16. The smallest absolute Gasteiger partial charge is 0.230 e. The number of benzene rings is 2. The molecule has 0 radical (unpaired) electrons. The zero-order valence-corrected chi connectivity index (χ0v) is 17.9. The molecule has 1 aromatic heterocycles. The standard InChI is InChI=1S/C21H19BrFN3O2S/c22-15-3-1-2-14(10-15)21-25-17(13-29-21)12-20(27)24-16-4-5-19(18(23)11-16)26-6-8-28-9-7-26/h1-5,10-11,13H,6-9,12H2,(H,24,27). The van der Waals surface area contributed by atoms with Crippen LogP contribution in [0.25, 0.3) is 10.6 Å². The Morgan fingerprint density at radius 1 is 1.24 bits per heavy atom. The van der Waals surface area contributed by atoms with Crippen LogP contribution in [0.1, 0.15) is 5.69 Å². The number of morpholine rings is 1. The van der Waals surface area contributed by atoms with E-state index in [9.17, 15) is 9.18 Å². The van der Waals surface area contributed by atoms with Crippen LogP contribution in [0.3, 0.4) is 0 Å². The molecule has 0 saturated carbocycles. The van der Waals surface area contributed by atoms with E-state index in [4.69, 9.17) is 4.74 Å². The Labute approximate surface area is 180 Å². The molecule has 5 nitrogen and oxygen atoms in total. The summed E-state index contributed by atoms with van der Waals surface area (Å²) in [5.74, 6) is -0.579. The van der Waals surface area contributed by atoms with E-state index < -0.39 is 0 Å². The number of carbonyl (C=O) groups is 1. The zero-order valence-electron chi connectivity index (χ0n) is 15.5. The Hall–Kier alpha value is -2.29. The lowest BCUT2D eigenvalue weighted by molar-refractivity contribution is -0.115. The molecule has 0 aliphatic carbocycles. The van der Waals surface area contributed by atoms with Crippen molar-refractivity contribution in [1.82, 2.24) is 4.98 Å². The van der Waals surface area contributed by atoms with E-state index >= 15 is 0 Å². The Balaban J connectivity index is 1.39. The van der Waals surface area contributed by atoms with Crippen LogP contribution in [0.5, 0.6) is 0 Å². The minimum Gasteiger partial charge on any atom is -0.378 e. The largest absolute Gasteiger partial charge is 0.378 e. The van der Waals surface area contributed by atoms with Crippen molar-refractivity contribution < 1.29 is 13.9 Å². The van der Waals surface area contributed by atoms with E-state index in [-0.39, 0.29) is 18.1 Å². The Morgan fingerprint density at radius 2 is 2.07 bits per heavy atom. The normalized spacial score (nSPS) is 14.1. The van der Waals surface area contributed by atoms with E-state index in [1.165, 1.54) is 17.4 Å². The summed E-state index contributed by atoms with van der Waals surface area (Å²) < 4.78 is 20.8. The molecule has 0 spiro atoms. The van der Waals surface area contributed by atoms with Gasteiger partial charge < -0.3 is 15.0 Å². The molecule has 2 aromatic carbocycles. The molecule has 1 fully saturated rings. The van der Waals surface area contributed by atoms with Gasteiger partial charge in [-0.05, 0) is 30.3 Å². The molecule has 4 rings (SSSR count). The molecular formula is C21H19BrFN3O2S. The summed E-state index contributed by atoms with van der Waals surface area (Å²) >= 11 is 4.94. The van der Waals surface area contributed by atoms with Crippen molar-refractivity contribution in [2.75, 3.05) is 36.5 Å². The van der Waals surface area contributed by atoms with Crippen LogP contribution in [0.2, 0.25) is 0 Å². The number of hydrogen-bond donors (Lipinski definition) is 1. The average Bonchev–Trinajstić information content (AvgIpc) is 3.17. The third kappa shape index (κ3) is 5.01. The highest BCUT2D eigenvalue weighted by molar-refractivity contribution is 9.10. The molecule has 0 bridgehead atoms. The highest BCUT2D eigenvalue weighted by Crippen LogP contribution is 2.27. The van der Waals surface area contributed by atoms with Gasteiger partial charge in [0.25, 0.3) is 0 Å². The summed E-state index contributed by atoms with van der Waals surface area (Å²) in [6, 6.07) is 12.6. The number of carbonyl (C=O) groups excluding carboxylic acids is 1. The summed E-state index contributed by atoms with van der Waals surface area (Å²) in [6.45, 7) is 2.50. The number of aromatic nitrogens is 1. The molecule has 2 heterocycles. The van der Waals surface area contributed by atoms with Crippen molar-refractivity contribution in [2.24, 2.45) is 0 Å². The van der Waals surface area contributed by atoms with Gasteiger partial charge in [-0.2, -0.15) is 0 Å². The molecule has 1 saturated heterocycles. The maximum absolute atomic E-state index is 14.5. The fourth-order valence-corrected chi connectivity index (χ4v) is 4.37. The van der Waals surface area contributed by atoms with Gasteiger partial charge in [-0.1, -0.05) is 28.1 Å². The minimum atomic E-state index is -0.352. The molecule has 3 aromatic rings. The van der Waals surface area contributed by atoms with Gasteiger partial charge in [-0.15, -0.1) is 11.3 Å². The predicted octanol–water partition coefficient (Wildman–Crippen LogP) is 4.73. The number of nitrogens with one attached hydrogen (secondary N) is 1. The number of amides is 1. The summed E-state index contributed by atoms with van der Waals surface area (Å²) in [4.78, 5) is 18.9. The molecule has 0 unspecified atom stereocenters. The lowest BCUT2D eigenvalue weighted by atomic mass is 10.2. The SMILES string of the molecule is O=C(Cc1csc(-c2cccc(Br)c2)n1)Nc1ccc(N2CCOCC2)c(F)c1. The first-order valence-corrected chi connectivity index (χ1v) is 10.9. The predicted molar refractivity (Wildman–Crippen MR) is 117 cm³/mol. The molecule has 0 atom stereocenters. The van der Waals surface area contributed by atoms with Crippen molar-refractivity contribution in [3.05, 3.63) is 63.8 Å². The Morgan fingerprint density at radius 3 is 2.83 bits per heavy atom. The van der Waals surface area contributed by atoms with Gasteiger partial charge in [0.15, 0.2) is 0 Å². The van der Waals surface area contributed by atoms with E-state index in [1.807, 2.05) is 34.5 Å². The van der Waals surface area contributed by atoms with Crippen molar-refractivity contribution in [3.63, 3.8) is 0 Å². The summed E-state index contributed by atoms with van der Waals surface area (Å²) in [7, 11) is 0. The highest BCUT2D eigenvalue weighted by Gasteiger charge is 2.16. The van der Waals surface area contributed by atoms with Gasteiger partial charge in [0.05, 0.1) is 31.0 Å². The summed E-state index contributed by atoms with van der Waals surface area (Å²) in [6.07, 6.45) is 0.136. The second-order valence-corrected chi connectivity index (χ2v) is 8.42. The number of anilines is 2. The number of halogens is 2. The molecule has 1 amide bonds. The molecule has 1 aliphatic heterocycles. The van der Waals surface area contributed by atoms with E-state index in [2.05, 4.69) is 26.2 Å². The first-order chi connectivity index (χ1) is 14.1. The van der Waals surface area contributed by atoms with Crippen LogP contribution in [0.4, 0.5) is 15.8 Å². The van der Waals surface area contributed by atoms with Crippen molar-refractivity contribution in [1.29, 1.82) is 0 Å². The zero-order chi connectivity index (χ0) is 20.2. The van der Waals surface area contributed by atoms with E-state index in [1.54, 1.807) is 12.1 Å². The quantitative estimate of drug-likeness (QED) is 0.579. The third-order valence-electron chi connectivity index (χ3n) is 4.55. The maximum Gasteiger partial charge on any atom is 0.230 e. The third-order valence-corrected chi connectivity index (χ3v) is 5.98. The molecule has 150 valence electrons. The summed E-state index contributed by atoms with van der Waals surface area (Å²) in [5.41, 5.74) is 2.65. The molecule has 1 aliphatic rings. The van der Waals surface area contributed by atoms with Crippen LogP contribution < -0.4 is 10.2 Å². The maximum atomic E-state index is 14.5. The van der Waals surface area contributed by atoms with Crippen LogP contribution in [-0.4, -0.2) is 37.2 Å². The number of hydrogen-bond acceptors (Lipinski definition) is 5. The highest BCUT2D eigenvalue weighted by atomic mass is 79.9. The van der Waals surface area contributed by atoms with Gasteiger partial charge in [0.1, 0.15) is 10.8 Å². The second kappa shape index (κ2) is 9.02. The molecule has 1 N–H and O–H groups in total. The first kappa shape index (κ1) is 20.0. The molecule has 8 heteroatoms. The Kier molecular flexibility index (Phi) is 6.22. The minimum absolute atomic E-state index is 0.136. The topological polar surface area (TPSA) is 54.5 Å². The lowest BCUT2D eigenvalue weighted by Gasteiger charge is -2.29. The van der Waals surface area contributed by atoms with Gasteiger partial charge in [0, 0.05) is 34.2 Å². The second-order valence-electron chi connectivity index (χ2n) is 6.64. The first-order valence-electron chi connectivity index (χ1n) is 9.21. The number of thiazole rings is 1. The van der Waals surface area contributed by atoms with E-state index in [0.717, 1.165) is 15.0 Å². The summed E-state index contributed by atoms with van der Waals surface area (Å²) in [5, 5.41) is 5.48. The van der Waals surface area contributed by atoms with Crippen molar-refractivity contribution in [3.8, 4) is 10.6 Å². The Bertz CT molecular complexity index is 1020. The number of nitrogens with zero attached hydrogens (tertiary/aromatic N) is 2. The fraction of sp³-hybridized carbons (Fsp3) is 0.238.